The van der Waals surface area contributed by atoms with E-state index in [2.05, 4.69) is 20.9 Å². The maximum Gasteiger partial charge on any atom is 0.321 e. The molecule has 0 aromatic heterocycles. The molecular weight excluding hydrogens is 248 g/mol. The van der Waals surface area contributed by atoms with Gasteiger partial charge in [-0.3, -0.25) is 15.0 Å². The largest absolute Gasteiger partial charge is 0.383 e. The Bertz CT molecular complexity index is 299. The van der Waals surface area contributed by atoms with Crippen molar-refractivity contribution in [1.82, 2.24) is 20.9 Å². The van der Waals surface area contributed by atoms with Crippen molar-refractivity contribution in [3.63, 3.8) is 0 Å². The summed E-state index contributed by atoms with van der Waals surface area (Å²) in [5.74, 6) is -0.266. The number of nitrogens with one attached hydrogen (secondary N) is 3. The SMILES string of the molecule is CNCC1CCCN1CC(=O)NC(=O)NCCOC. The highest BCUT2D eigenvalue weighted by Gasteiger charge is 2.25. The molecule has 1 rings (SSSR count). The van der Waals surface area contributed by atoms with E-state index in [1.165, 1.54) is 0 Å². The first-order chi connectivity index (χ1) is 9.17. The van der Waals surface area contributed by atoms with E-state index in [0.29, 0.717) is 19.2 Å². The maximum absolute atomic E-state index is 11.7. The number of carbonyl (C=O) groups excluding carboxylic acids is 2. The van der Waals surface area contributed by atoms with Crippen LogP contribution in [-0.2, 0) is 9.53 Å². The molecule has 0 aliphatic carbocycles. The van der Waals surface area contributed by atoms with Crippen molar-refractivity contribution in [3.05, 3.63) is 0 Å². The summed E-state index contributed by atoms with van der Waals surface area (Å²) in [5.41, 5.74) is 0. The molecule has 0 aromatic carbocycles. The molecule has 19 heavy (non-hydrogen) atoms. The number of ether oxygens (including phenoxy) is 1. The van der Waals surface area contributed by atoms with Crippen molar-refractivity contribution in [2.24, 2.45) is 0 Å². The minimum absolute atomic E-state index is 0.266. The topological polar surface area (TPSA) is 82.7 Å². The van der Waals surface area contributed by atoms with Gasteiger partial charge in [-0.1, -0.05) is 0 Å². The molecule has 0 radical (unpaired) electrons. The number of methoxy groups -OCH3 is 1. The van der Waals surface area contributed by atoms with E-state index < -0.39 is 6.03 Å². The molecule has 0 bridgehead atoms. The first kappa shape index (κ1) is 15.9. The molecule has 7 heteroatoms. The second-order valence-electron chi connectivity index (χ2n) is 4.62. The number of nitrogens with zero attached hydrogens (tertiary/aromatic N) is 1. The summed E-state index contributed by atoms with van der Waals surface area (Å²) in [6, 6.07) is -0.0845. The van der Waals surface area contributed by atoms with Crippen LogP contribution in [0.2, 0.25) is 0 Å². The average molecular weight is 272 g/mol. The fraction of sp³-hybridized carbons (Fsp3) is 0.833. The minimum atomic E-state index is -0.466. The van der Waals surface area contributed by atoms with Crippen LogP contribution >= 0.6 is 0 Å². The zero-order valence-electron chi connectivity index (χ0n) is 11.7. The van der Waals surface area contributed by atoms with Crippen LogP contribution in [-0.4, -0.2) is 69.8 Å². The van der Waals surface area contributed by atoms with E-state index in [4.69, 9.17) is 4.74 Å². The van der Waals surface area contributed by atoms with E-state index in [9.17, 15) is 9.59 Å². The standard InChI is InChI=1S/C12H24N4O3/c1-13-8-10-4-3-6-16(10)9-11(17)15-12(18)14-5-7-19-2/h10,13H,3-9H2,1-2H3,(H2,14,15,17,18). The van der Waals surface area contributed by atoms with Crippen LogP contribution in [0.15, 0.2) is 0 Å². The molecule has 1 fully saturated rings. The van der Waals surface area contributed by atoms with Crippen molar-refractivity contribution in [1.29, 1.82) is 0 Å². The molecule has 1 unspecified atom stereocenters. The summed E-state index contributed by atoms with van der Waals surface area (Å²) in [7, 11) is 3.46. The number of hydrogen-bond donors (Lipinski definition) is 3. The molecule has 0 saturated carbocycles. The Balaban J connectivity index is 2.24. The van der Waals surface area contributed by atoms with Crippen LogP contribution in [0.4, 0.5) is 4.79 Å². The molecule has 1 aliphatic heterocycles. The highest BCUT2D eigenvalue weighted by atomic mass is 16.5. The number of imide groups is 1. The summed E-state index contributed by atoms with van der Waals surface area (Å²) in [5, 5.41) is 7.99. The first-order valence-corrected chi connectivity index (χ1v) is 6.62. The fourth-order valence-corrected chi connectivity index (χ4v) is 2.23. The Hall–Kier alpha value is -1.18. The maximum atomic E-state index is 11.7. The Morgan fingerprint density at radius 1 is 1.42 bits per heavy atom. The molecule has 3 N–H and O–H groups in total. The number of amides is 3. The number of rotatable bonds is 7. The van der Waals surface area contributed by atoms with Crippen LogP contribution in [0.1, 0.15) is 12.8 Å². The first-order valence-electron chi connectivity index (χ1n) is 6.62. The molecule has 1 aliphatic rings. The Morgan fingerprint density at radius 2 is 2.21 bits per heavy atom. The number of likely N-dealkylation sites (tertiary alicyclic amines) is 1. The third kappa shape index (κ3) is 6.00. The van der Waals surface area contributed by atoms with E-state index in [-0.39, 0.29) is 12.5 Å². The summed E-state index contributed by atoms with van der Waals surface area (Å²) in [6.07, 6.45) is 2.19. The van der Waals surface area contributed by atoms with Crippen molar-refractivity contribution in [3.8, 4) is 0 Å². The normalized spacial score (nSPS) is 19.4. The van der Waals surface area contributed by atoms with E-state index in [1.54, 1.807) is 7.11 Å². The molecule has 0 spiro atoms. The highest BCUT2D eigenvalue weighted by Crippen LogP contribution is 2.15. The van der Waals surface area contributed by atoms with Crippen molar-refractivity contribution in [2.45, 2.75) is 18.9 Å². The molecule has 1 atom stereocenters. The lowest BCUT2D eigenvalue weighted by Crippen LogP contribution is -2.47. The minimum Gasteiger partial charge on any atom is -0.383 e. The summed E-state index contributed by atoms with van der Waals surface area (Å²) in [6.45, 7) is 2.86. The van der Waals surface area contributed by atoms with Gasteiger partial charge in [-0.2, -0.15) is 0 Å². The number of likely N-dealkylation sites (N-methyl/N-ethyl adjacent to an activating group) is 1. The Morgan fingerprint density at radius 3 is 2.89 bits per heavy atom. The van der Waals surface area contributed by atoms with E-state index in [0.717, 1.165) is 25.9 Å². The molecule has 0 aromatic rings. The predicted octanol–water partition coefficient (Wildman–Crippen LogP) is -0.858. The molecule has 3 amide bonds. The summed E-state index contributed by atoms with van der Waals surface area (Å²) in [4.78, 5) is 25.2. The van der Waals surface area contributed by atoms with Gasteiger partial charge in [-0.15, -0.1) is 0 Å². The lowest BCUT2D eigenvalue weighted by atomic mass is 10.2. The smallest absolute Gasteiger partial charge is 0.321 e. The van der Waals surface area contributed by atoms with Crippen LogP contribution in [0.25, 0.3) is 0 Å². The summed E-state index contributed by atoms with van der Waals surface area (Å²) >= 11 is 0. The average Bonchev–Trinajstić information content (AvgIpc) is 2.77. The van der Waals surface area contributed by atoms with Gasteiger partial charge in [0.1, 0.15) is 0 Å². The van der Waals surface area contributed by atoms with Crippen molar-refractivity contribution >= 4 is 11.9 Å². The molecule has 7 nitrogen and oxygen atoms in total. The van der Waals surface area contributed by atoms with Gasteiger partial charge in [0.15, 0.2) is 0 Å². The number of hydrogen-bond acceptors (Lipinski definition) is 5. The van der Waals surface area contributed by atoms with Gasteiger partial charge in [0.05, 0.1) is 13.2 Å². The molecule has 1 heterocycles. The predicted molar refractivity (Wildman–Crippen MR) is 71.9 cm³/mol. The van der Waals surface area contributed by atoms with Crippen LogP contribution in [0.3, 0.4) is 0 Å². The molecule has 1 saturated heterocycles. The summed E-state index contributed by atoms with van der Waals surface area (Å²) < 4.78 is 4.80. The van der Waals surface area contributed by atoms with Gasteiger partial charge >= 0.3 is 6.03 Å². The molecular formula is C12H24N4O3. The van der Waals surface area contributed by atoms with Gasteiger partial charge in [0.25, 0.3) is 0 Å². The Kier molecular flexibility index (Phi) is 7.39. The lowest BCUT2D eigenvalue weighted by Gasteiger charge is -2.23. The van der Waals surface area contributed by atoms with Crippen LogP contribution < -0.4 is 16.0 Å². The monoisotopic (exact) mass is 272 g/mol. The van der Waals surface area contributed by atoms with Crippen LogP contribution in [0, 0.1) is 0 Å². The van der Waals surface area contributed by atoms with Gasteiger partial charge < -0.3 is 15.4 Å². The Labute approximate surface area is 114 Å². The van der Waals surface area contributed by atoms with E-state index in [1.807, 2.05) is 7.05 Å². The van der Waals surface area contributed by atoms with Gasteiger partial charge in [0, 0.05) is 26.2 Å². The van der Waals surface area contributed by atoms with Gasteiger partial charge in [0.2, 0.25) is 5.91 Å². The van der Waals surface area contributed by atoms with Crippen molar-refractivity contribution in [2.75, 3.05) is 46.9 Å². The number of carbonyl (C=O) groups is 2. The quantitative estimate of drug-likeness (QED) is 0.526. The second-order valence-corrected chi connectivity index (χ2v) is 4.62. The zero-order valence-corrected chi connectivity index (χ0v) is 11.7. The third-order valence-corrected chi connectivity index (χ3v) is 3.13. The lowest BCUT2D eigenvalue weighted by molar-refractivity contribution is -0.121. The van der Waals surface area contributed by atoms with Crippen LogP contribution in [0.5, 0.6) is 0 Å². The molecule has 110 valence electrons. The fourth-order valence-electron chi connectivity index (χ4n) is 2.23. The van der Waals surface area contributed by atoms with Crippen molar-refractivity contribution < 1.29 is 14.3 Å². The third-order valence-electron chi connectivity index (χ3n) is 3.13. The zero-order chi connectivity index (χ0) is 14.1. The highest BCUT2D eigenvalue weighted by molar-refractivity contribution is 5.95. The van der Waals surface area contributed by atoms with E-state index >= 15 is 0 Å². The van der Waals surface area contributed by atoms with Gasteiger partial charge in [-0.05, 0) is 26.4 Å². The van der Waals surface area contributed by atoms with Gasteiger partial charge in [-0.25, -0.2) is 4.79 Å². The second kappa shape index (κ2) is 8.84. The number of urea groups is 1.